The van der Waals surface area contributed by atoms with Gasteiger partial charge < -0.3 is 5.32 Å². The van der Waals surface area contributed by atoms with E-state index in [2.05, 4.69) is 63.3 Å². The molecule has 0 saturated carbocycles. The van der Waals surface area contributed by atoms with Crippen LogP contribution in [0.1, 0.15) is 31.1 Å². The first-order valence-electron chi connectivity index (χ1n) is 6.60. The van der Waals surface area contributed by atoms with Gasteiger partial charge in [0.15, 0.2) is 5.16 Å². The zero-order chi connectivity index (χ0) is 14.5. The number of aryl methyl sites for hydroxylation is 1. The minimum atomic E-state index is 0.337. The van der Waals surface area contributed by atoms with Gasteiger partial charge in [-0.1, -0.05) is 28.9 Å². The standard InChI is InChI=1S/C15H18BrN3S/c1-4-17-11(3)13-6-5-12(9-14(13)16)20-15-18-8-7-10(2)19-15/h5-9,11,17H,4H2,1-3H3. The highest BCUT2D eigenvalue weighted by Crippen LogP contribution is 2.31. The van der Waals surface area contributed by atoms with Crippen LogP contribution >= 0.6 is 27.7 Å². The smallest absolute Gasteiger partial charge is 0.192 e. The summed E-state index contributed by atoms with van der Waals surface area (Å²) < 4.78 is 1.11. The van der Waals surface area contributed by atoms with Crippen LogP contribution in [0.25, 0.3) is 0 Å². The van der Waals surface area contributed by atoms with Gasteiger partial charge in [0.1, 0.15) is 0 Å². The van der Waals surface area contributed by atoms with Crippen molar-refractivity contribution in [1.29, 1.82) is 0 Å². The van der Waals surface area contributed by atoms with E-state index in [4.69, 9.17) is 0 Å². The second-order valence-electron chi connectivity index (χ2n) is 4.55. The van der Waals surface area contributed by atoms with Crippen molar-refractivity contribution >= 4 is 27.7 Å². The van der Waals surface area contributed by atoms with Crippen molar-refractivity contribution in [1.82, 2.24) is 15.3 Å². The molecule has 1 aromatic heterocycles. The number of hydrogen-bond acceptors (Lipinski definition) is 4. The van der Waals surface area contributed by atoms with Gasteiger partial charge in [-0.15, -0.1) is 0 Å². The van der Waals surface area contributed by atoms with E-state index >= 15 is 0 Å². The molecule has 20 heavy (non-hydrogen) atoms. The Kier molecular flexibility index (Phi) is 5.57. The third-order valence-electron chi connectivity index (χ3n) is 2.93. The van der Waals surface area contributed by atoms with Crippen LogP contribution in [0.15, 0.2) is 45.0 Å². The lowest BCUT2D eigenvalue weighted by molar-refractivity contribution is 0.595. The lowest BCUT2D eigenvalue weighted by Gasteiger charge is -2.15. The first kappa shape index (κ1) is 15.5. The maximum atomic E-state index is 4.41. The minimum absolute atomic E-state index is 0.337. The van der Waals surface area contributed by atoms with E-state index in [9.17, 15) is 0 Å². The number of rotatable bonds is 5. The van der Waals surface area contributed by atoms with Gasteiger partial charge in [0.25, 0.3) is 0 Å². The molecule has 1 aromatic carbocycles. The molecular formula is C15H18BrN3S. The Bertz CT molecular complexity index is 589. The second-order valence-corrected chi connectivity index (χ2v) is 6.44. The zero-order valence-corrected chi connectivity index (χ0v) is 14.3. The number of nitrogens with zero attached hydrogens (tertiary/aromatic N) is 2. The van der Waals surface area contributed by atoms with E-state index < -0.39 is 0 Å². The fraction of sp³-hybridized carbons (Fsp3) is 0.333. The molecule has 1 N–H and O–H groups in total. The van der Waals surface area contributed by atoms with Gasteiger partial charge in [-0.05, 0) is 55.9 Å². The van der Waals surface area contributed by atoms with Gasteiger partial charge in [0, 0.05) is 27.3 Å². The normalized spacial score (nSPS) is 12.4. The van der Waals surface area contributed by atoms with Crippen molar-refractivity contribution in [2.24, 2.45) is 0 Å². The third kappa shape index (κ3) is 4.04. The van der Waals surface area contributed by atoms with E-state index in [1.54, 1.807) is 18.0 Å². The molecule has 0 aliphatic carbocycles. The molecule has 2 rings (SSSR count). The molecule has 1 unspecified atom stereocenters. The molecule has 1 atom stereocenters. The van der Waals surface area contributed by atoms with E-state index in [1.165, 1.54) is 5.56 Å². The SMILES string of the molecule is CCNC(C)c1ccc(Sc2nccc(C)n2)cc1Br. The molecular weight excluding hydrogens is 334 g/mol. The van der Waals surface area contributed by atoms with Gasteiger partial charge in [-0.2, -0.15) is 0 Å². The highest BCUT2D eigenvalue weighted by Gasteiger charge is 2.09. The maximum absolute atomic E-state index is 4.41. The number of hydrogen-bond donors (Lipinski definition) is 1. The molecule has 1 heterocycles. The maximum Gasteiger partial charge on any atom is 0.192 e. The van der Waals surface area contributed by atoms with Crippen LogP contribution in [0.5, 0.6) is 0 Å². The topological polar surface area (TPSA) is 37.8 Å². The fourth-order valence-electron chi connectivity index (χ4n) is 1.92. The summed E-state index contributed by atoms with van der Waals surface area (Å²) in [6, 6.07) is 8.63. The summed E-state index contributed by atoms with van der Waals surface area (Å²) in [7, 11) is 0. The third-order valence-corrected chi connectivity index (χ3v) is 4.49. The molecule has 0 radical (unpaired) electrons. The summed E-state index contributed by atoms with van der Waals surface area (Å²) in [5.74, 6) is 0. The van der Waals surface area contributed by atoms with E-state index in [0.717, 1.165) is 26.8 Å². The predicted octanol–water partition coefficient (Wildman–Crippen LogP) is 4.37. The van der Waals surface area contributed by atoms with Crippen LogP contribution in [-0.4, -0.2) is 16.5 Å². The Morgan fingerprint density at radius 1 is 1.35 bits per heavy atom. The Morgan fingerprint density at radius 2 is 2.15 bits per heavy atom. The summed E-state index contributed by atoms with van der Waals surface area (Å²) in [5, 5.41) is 4.20. The summed E-state index contributed by atoms with van der Waals surface area (Å²) >= 11 is 5.23. The number of benzene rings is 1. The van der Waals surface area contributed by atoms with Crippen LogP contribution in [0.2, 0.25) is 0 Å². The molecule has 0 aliphatic rings. The quantitative estimate of drug-likeness (QED) is 0.811. The van der Waals surface area contributed by atoms with Crippen LogP contribution in [0.3, 0.4) is 0 Å². The summed E-state index contributed by atoms with van der Waals surface area (Å²) in [5.41, 5.74) is 2.25. The van der Waals surface area contributed by atoms with Crippen LogP contribution < -0.4 is 5.32 Å². The summed E-state index contributed by atoms with van der Waals surface area (Å²) in [6.45, 7) is 7.22. The van der Waals surface area contributed by atoms with Gasteiger partial charge >= 0.3 is 0 Å². The van der Waals surface area contributed by atoms with E-state index in [-0.39, 0.29) is 0 Å². The molecule has 2 aromatic rings. The molecule has 106 valence electrons. The second kappa shape index (κ2) is 7.20. The van der Waals surface area contributed by atoms with Crippen LogP contribution in [0, 0.1) is 6.92 Å². The van der Waals surface area contributed by atoms with Crippen LogP contribution in [-0.2, 0) is 0 Å². The van der Waals surface area contributed by atoms with Gasteiger partial charge in [0.2, 0.25) is 0 Å². The molecule has 0 amide bonds. The van der Waals surface area contributed by atoms with E-state index in [0.29, 0.717) is 6.04 Å². The van der Waals surface area contributed by atoms with Crippen molar-refractivity contribution in [3.8, 4) is 0 Å². The number of nitrogens with one attached hydrogen (secondary N) is 1. The fourth-order valence-corrected chi connectivity index (χ4v) is 3.62. The van der Waals surface area contributed by atoms with E-state index in [1.807, 2.05) is 13.0 Å². The van der Waals surface area contributed by atoms with Crippen molar-refractivity contribution in [2.75, 3.05) is 6.54 Å². The largest absolute Gasteiger partial charge is 0.310 e. The van der Waals surface area contributed by atoms with Crippen molar-refractivity contribution in [3.05, 3.63) is 46.2 Å². The van der Waals surface area contributed by atoms with Gasteiger partial charge in [-0.25, -0.2) is 9.97 Å². The molecule has 0 saturated heterocycles. The first-order chi connectivity index (χ1) is 9.60. The number of halogens is 1. The number of aromatic nitrogens is 2. The average Bonchev–Trinajstić information content (AvgIpc) is 2.39. The zero-order valence-electron chi connectivity index (χ0n) is 11.9. The molecule has 5 heteroatoms. The summed E-state index contributed by atoms with van der Waals surface area (Å²) in [4.78, 5) is 9.82. The first-order valence-corrected chi connectivity index (χ1v) is 8.21. The lowest BCUT2D eigenvalue weighted by atomic mass is 10.1. The average molecular weight is 352 g/mol. The van der Waals surface area contributed by atoms with Crippen molar-refractivity contribution in [3.63, 3.8) is 0 Å². The van der Waals surface area contributed by atoms with Crippen molar-refractivity contribution < 1.29 is 0 Å². The molecule has 0 spiro atoms. The molecule has 3 nitrogen and oxygen atoms in total. The highest BCUT2D eigenvalue weighted by atomic mass is 79.9. The van der Waals surface area contributed by atoms with Gasteiger partial charge in [-0.3, -0.25) is 0 Å². The summed E-state index contributed by atoms with van der Waals surface area (Å²) in [6.07, 6.45) is 1.79. The molecule has 0 bridgehead atoms. The highest BCUT2D eigenvalue weighted by molar-refractivity contribution is 9.10. The molecule has 0 aliphatic heterocycles. The Balaban J connectivity index is 2.17. The Labute approximate surface area is 132 Å². The minimum Gasteiger partial charge on any atom is -0.310 e. The Hall–Kier alpha value is -0.910. The monoisotopic (exact) mass is 351 g/mol. The lowest BCUT2D eigenvalue weighted by Crippen LogP contribution is -2.18. The molecule has 0 fully saturated rings. The predicted molar refractivity (Wildman–Crippen MR) is 87.1 cm³/mol. The Morgan fingerprint density at radius 3 is 2.80 bits per heavy atom. The van der Waals surface area contributed by atoms with Crippen molar-refractivity contribution in [2.45, 2.75) is 36.9 Å². The van der Waals surface area contributed by atoms with Gasteiger partial charge in [0.05, 0.1) is 0 Å². The van der Waals surface area contributed by atoms with Crippen LogP contribution in [0.4, 0.5) is 0 Å².